The first kappa shape index (κ1) is 23.0. The molecule has 0 bridgehead atoms. The lowest BCUT2D eigenvalue weighted by Crippen LogP contribution is -2.55. The summed E-state index contributed by atoms with van der Waals surface area (Å²) in [5, 5.41) is 6.86. The van der Waals surface area contributed by atoms with Gasteiger partial charge in [-0.05, 0) is 39.1 Å². The Morgan fingerprint density at radius 2 is 2.04 bits per heavy atom. The molecular formula is C19H34IN5O. The summed E-state index contributed by atoms with van der Waals surface area (Å²) in [5.74, 6) is 1.80. The molecule has 148 valence electrons. The lowest BCUT2D eigenvalue weighted by molar-refractivity contribution is 0.116. The van der Waals surface area contributed by atoms with Crippen molar-refractivity contribution in [2.24, 2.45) is 4.99 Å². The van der Waals surface area contributed by atoms with Crippen LogP contribution in [0.15, 0.2) is 23.2 Å². The third-order valence-electron chi connectivity index (χ3n) is 4.83. The second-order valence-corrected chi connectivity index (χ2v) is 6.84. The monoisotopic (exact) mass is 475 g/mol. The Hall–Kier alpha value is -1.06. The summed E-state index contributed by atoms with van der Waals surface area (Å²) in [6.45, 7) is 7.16. The molecule has 1 aliphatic heterocycles. The zero-order chi connectivity index (χ0) is 18.2. The molecule has 26 heavy (non-hydrogen) atoms. The summed E-state index contributed by atoms with van der Waals surface area (Å²) in [4.78, 5) is 9.13. The summed E-state index contributed by atoms with van der Waals surface area (Å²) >= 11 is 0. The minimum absolute atomic E-state index is 0. The summed E-state index contributed by atoms with van der Waals surface area (Å²) in [6, 6.07) is 6.80. The van der Waals surface area contributed by atoms with E-state index in [9.17, 15) is 0 Å². The molecular weight excluding hydrogens is 441 g/mol. The van der Waals surface area contributed by atoms with E-state index in [1.165, 1.54) is 11.1 Å². The molecule has 0 aromatic heterocycles. The lowest BCUT2D eigenvalue weighted by Gasteiger charge is -2.37. The lowest BCUT2D eigenvalue weighted by atomic mass is 10.1. The van der Waals surface area contributed by atoms with Crippen molar-refractivity contribution in [1.82, 2.24) is 20.4 Å². The van der Waals surface area contributed by atoms with Gasteiger partial charge in [0, 0.05) is 45.8 Å². The smallest absolute Gasteiger partial charge is 0.191 e. The number of benzene rings is 1. The molecule has 2 N–H and O–H groups in total. The van der Waals surface area contributed by atoms with E-state index in [0.717, 1.165) is 50.9 Å². The molecule has 0 radical (unpaired) electrons. The highest BCUT2D eigenvalue weighted by atomic mass is 127. The fourth-order valence-corrected chi connectivity index (χ4v) is 3.18. The molecule has 0 amide bonds. The number of nitrogens with one attached hydrogen (secondary N) is 2. The summed E-state index contributed by atoms with van der Waals surface area (Å²) < 4.78 is 5.45. The normalized spacial score (nSPS) is 19.0. The van der Waals surface area contributed by atoms with E-state index in [4.69, 9.17) is 4.74 Å². The number of likely N-dealkylation sites (N-methyl/N-ethyl adjacent to an activating group) is 2. The van der Waals surface area contributed by atoms with Crippen molar-refractivity contribution in [1.29, 1.82) is 0 Å². The number of halogens is 1. The number of aliphatic imine (C=N–C) groups is 1. The van der Waals surface area contributed by atoms with Crippen LogP contribution < -0.4 is 15.4 Å². The van der Waals surface area contributed by atoms with Crippen molar-refractivity contribution in [2.75, 3.05) is 61.0 Å². The molecule has 0 spiro atoms. The molecule has 1 aromatic carbocycles. The van der Waals surface area contributed by atoms with Gasteiger partial charge >= 0.3 is 0 Å². The van der Waals surface area contributed by atoms with E-state index in [2.05, 4.69) is 58.6 Å². The number of ether oxygens (including phenoxy) is 1. The van der Waals surface area contributed by atoms with E-state index >= 15 is 0 Å². The van der Waals surface area contributed by atoms with Crippen LogP contribution in [0.25, 0.3) is 0 Å². The third kappa shape index (κ3) is 6.92. The van der Waals surface area contributed by atoms with Crippen molar-refractivity contribution in [3.8, 4) is 5.75 Å². The van der Waals surface area contributed by atoms with Crippen molar-refractivity contribution in [3.05, 3.63) is 29.3 Å². The molecule has 1 aromatic rings. The van der Waals surface area contributed by atoms with Crippen LogP contribution in [-0.2, 0) is 6.42 Å². The minimum atomic E-state index is 0. The van der Waals surface area contributed by atoms with Gasteiger partial charge in [0.1, 0.15) is 5.75 Å². The van der Waals surface area contributed by atoms with E-state index in [0.29, 0.717) is 6.04 Å². The molecule has 1 atom stereocenters. The molecule has 7 heteroatoms. The number of nitrogens with zero attached hydrogens (tertiary/aromatic N) is 3. The molecule has 2 rings (SSSR count). The number of methoxy groups -OCH3 is 1. The van der Waals surface area contributed by atoms with Gasteiger partial charge in [0.05, 0.1) is 7.11 Å². The number of rotatable bonds is 6. The maximum Gasteiger partial charge on any atom is 0.191 e. The molecule has 1 aliphatic rings. The second-order valence-electron chi connectivity index (χ2n) is 6.84. The van der Waals surface area contributed by atoms with Gasteiger partial charge in [-0.1, -0.05) is 17.7 Å². The zero-order valence-electron chi connectivity index (χ0n) is 16.7. The fourth-order valence-electron chi connectivity index (χ4n) is 3.18. The van der Waals surface area contributed by atoms with Gasteiger partial charge in [0.2, 0.25) is 0 Å². The maximum absolute atomic E-state index is 5.45. The van der Waals surface area contributed by atoms with Crippen molar-refractivity contribution in [3.63, 3.8) is 0 Å². The Labute approximate surface area is 175 Å². The van der Waals surface area contributed by atoms with Gasteiger partial charge in [0.25, 0.3) is 0 Å². The Kier molecular flexibility index (Phi) is 10.3. The van der Waals surface area contributed by atoms with Crippen molar-refractivity contribution >= 4 is 29.9 Å². The van der Waals surface area contributed by atoms with Crippen molar-refractivity contribution in [2.45, 2.75) is 19.4 Å². The third-order valence-corrected chi connectivity index (χ3v) is 4.83. The highest BCUT2D eigenvalue weighted by molar-refractivity contribution is 14.0. The van der Waals surface area contributed by atoms with Crippen molar-refractivity contribution < 1.29 is 4.74 Å². The molecule has 1 saturated heterocycles. The second kappa shape index (κ2) is 11.6. The van der Waals surface area contributed by atoms with Crippen LogP contribution in [0, 0.1) is 6.92 Å². The Morgan fingerprint density at radius 1 is 1.27 bits per heavy atom. The molecule has 1 heterocycles. The average molecular weight is 475 g/mol. The van der Waals surface area contributed by atoms with Crippen LogP contribution in [0.5, 0.6) is 5.75 Å². The predicted octanol–water partition coefficient (Wildman–Crippen LogP) is 1.57. The Bertz CT molecular complexity index is 581. The largest absolute Gasteiger partial charge is 0.496 e. The molecule has 0 saturated carbocycles. The van der Waals surface area contributed by atoms with Gasteiger partial charge in [-0.15, -0.1) is 24.0 Å². The topological polar surface area (TPSA) is 52.1 Å². The van der Waals surface area contributed by atoms with Gasteiger partial charge in [-0.2, -0.15) is 0 Å². The minimum Gasteiger partial charge on any atom is -0.496 e. The first-order chi connectivity index (χ1) is 12.0. The van der Waals surface area contributed by atoms with Crippen LogP contribution in [0.1, 0.15) is 11.1 Å². The number of aryl methyl sites for hydroxylation is 1. The van der Waals surface area contributed by atoms with Crippen LogP contribution in [0.4, 0.5) is 0 Å². The van der Waals surface area contributed by atoms with Crippen LogP contribution >= 0.6 is 24.0 Å². The fraction of sp³-hybridized carbons (Fsp3) is 0.632. The Balaban J connectivity index is 0.00000338. The predicted molar refractivity (Wildman–Crippen MR) is 120 cm³/mol. The van der Waals surface area contributed by atoms with Gasteiger partial charge in [-0.3, -0.25) is 9.89 Å². The highest BCUT2D eigenvalue weighted by Crippen LogP contribution is 2.19. The number of hydrogen-bond acceptors (Lipinski definition) is 4. The standard InChI is InChI=1S/C19H33N5O.HI/c1-15-6-7-18(25-5)16(12-15)8-9-21-19(20-2)22-13-17-14-23(3)10-11-24(17)4;/h6-7,12,17H,8-11,13-14H2,1-5H3,(H2,20,21,22);1H. The summed E-state index contributed by atoms with van der Waals surface area (Å²) in [6.07, 6.45) is 0.900. The SMILES string of the molecule is CN=C(NCCc1cc(C)ccc1OC)NCC1CN(C)CCN1C.I. The molecule has 0 aliphatic carbocycles. The van der Waals surface area contributed by atoms with E-state index in [1.54, 1.807) is 7.11 Å². The van der Waals surface area contributed by atoms with Crippen LogP contribution in [0.3, 0.4) is 0 Å². The zero-order valence-corrected chi connectivity index (χ0v) is 19.0. The van der Waals surface area contributed by atoms with Gasteiger partial charge in [0.15, 0.2) is 5.96 Å². The Morgan fingerprint density at radius 3 is 2.73 bits per heavy atom. The van der Waals surface area contributed by atoms with E-state index in [-0.39, 0.29) is 24.0 Å². The average Bonchev–Trinajstić information content (AvgIpc) is 2.60. The summed E-state index contributed by atoms with van der Waals surface area (Å²) in [5.41, 5.74) is 2.47. The molecule has 6 nitrogen and oxygen atoms in total. The van der Waals surface area contributed by atoms with E-state index < -0.39 is 0 Å². The first-order valence-electron chi connectivity index (χ1n) is 9.00. The summed E-state index contributed by atoms with van der Waals surface area (Å²) in [7, 11) is 7.92. The van der Waals surface area contributed by atoms with Gasteiger partial charge in [-0.25, -0.2) is 0 Å². The number of hydrogen-bond donors (Lipinski definition) is 2. The number of guanidine groups is 1. The number of piperazine rings is 1. The molecule has 1 unspecified atom stereocenters. The van der Waals surface area contributed by atoms with Gasteiger partial charge < -0.3 is 20.3 Å². The maximum atomic E-state index is 5.45. The molecule has 1 fully saturated rings. The van der Waals surface area contributed by atoms with E-state index in [1.807, 2.05) is 13.1 Å². The quantitative estimate of drug-likeness (QED) is 0.372. The van der Waals surface area contributed by atoms with Crippen LogP contribution in [-0.4, -0.2) is 82.8 Å². The first-order valence-corrected chi connectivity index (χ1v) is 9.00. The highest BCUT2D eigenvalue weighted by Gasteiger charge is 2.21. The van der Waals surface area contributed by atoms with Crippen LogP contribution in [0.2, 0.25) is 0 Å².